The van der Waals surface area contributed by atoms with E-state index in [0.717, 1.165) is 6.07 Å². The molecule has 1 heterocycles. The molecule has 1 aromatic heterocycles. The Hall–Kier alpha value is -1.21. The molecular weight excluding hydrogens is 293 g/mol. The standard InChI is InChI=1S/C12H11F3N2S2/c1-19-12(18)16-3-2-6-5-17-8-4-7(13)10(14)11(15)9(6)8/h4-5,17H,2-3H2,1H3,(H,16,18). The summed E-state index contributed by atoms with van der Waals surface area (Å²) >= 11 is 6.37. The molecule has 0 aliphatic heterocycles. The lowest BCUT2D eigenvalue weighted by atomic mass is 10.1. The maximum absolute atomic E-state index is 13.7. The van der Waals surface area contributed by atoms with Crippen molar-refractivity contribution in [3.8, 4) is 0 Å². The number of benzene rings is 1. The fourth-order valence-electron chi connectivity index (χ4n) is 1.83. The predicted octanol–water partition coefficient (Wildman–Crippen LogP) is 3.37. The number of H-pyrrole nitrogens is 1. The van der Waals surface area contributed by atoms with E-state index in [0.29, 0.717) is 22.8 Å². The molecule has 0 aliphatic rings. The second kappa shape index (κ2) is 5.83. The molecule has 0 bridgehead atoms. The van der Waals surface area contributed by atoms with Crippen LogP contribution in [0, 0.1) is 17.5 Å². The van der Waals surface area contributed by atoms with E-state index >= 15 is 0 Å². The van der Waals surface area contributed by atoms with Gasteiger partial charge in [-0.05, 0) is 18.2 Å². The number of nitrogens with one attached hydrogen (secondary N) is 2. The van der Waals surface area contributed by atoms with Crippen molar-refractivity contribution < 1.29 is 13.2 Å². The van der Waals surface area contributed by atoms with Gasteiger partial charge >= 0.3 is 0 Å². The number of aromatic amines is 1. The number of fused-ring (bicyclic) bond motifs is 1. The zero-order valence-corrected chi connectivity index (χ0v) is 11.7. The Balaban J connectivity index is 2.25. The quantitative estimate of drug-likeness (QED) is 0.673. The van der Waals surface area contributed by atoms with E-state index in [-0.39, 0.29) is 10.9 Å². The van der Waals surface area contributed by atoms with E-state index in [1.807, 2.05) is 6.26 Å². The highest BCUT2D eigenvalue weighted by Gasteiger charge is 2.17. The molecule has 0 fully saturated rings. The lowest BCUT2D eigenvalue weighted by Gasteiger charge is -2.05. The Labute approximate surface area is 117 Å². The zero-order valence-electron chi connectivity index (χ0n) is 10.0. The molecule has 7 heteroatoms. The van der Waals surface area contributed by atoms with E-state index in [4.69, 9.17) is 12.2 Å². The Morgan fingerprint density at radius 2 is 2.11 bits per heavy atom. The van der Waals surface area contributed by atoms with E-state index < -0.39 is 17.5 Å². The van der Waals surface area contributed by atoms with Crippen LogP contribution < -0.4 is 5.32 Å². The van der Waals surface area contributed by atoms with Crippen molar-refractivity contribution in [2.24, 2.45) is 0 Å². The highest BCUT2D eigenvalue weighted by molar-refractivity contribution is 8.22. The molecule has 102 valence electrons. The maximum Gasteiger partial charge on any atom is 0.195 e. The highest BCUT2D eigenvalue weighted by atomic mass is 32.2. The molecule has 2 rings (SSSR count). The molecule has 0 aliphatic carbocycles. The van der Waals surface area contributed by atoms with E-state index in [2.05, 4.69) is 10.3 Å². The third-order valence-corrected chi connectivity index (χ3v) is 3.89. The van der Waals surface area contributed by atoms with Crippen molar-refractivity contribution in [2.75, 3.05) is 12.8 Å². The first-order chi connectivity index (χ1) is 9.04. The van der Waals surface area contributed by atoms with E-state index in [9.17, 15) is 13.2 Å². The Morgan fingerprint density at radius 3 is 2.79 bits per heavy atom. The van der Waals surface area contributed by atoms with Gasteiger partial charge < -0.3 is 10.3 Å². The molecule has 2 nitrogen and oxygen atoms in total. The molecule has 19 heavy (non-hydrogen) atoms. The average molecular weight is 304 g/mol. The third-order valence-electron chi connectivity index (χ3n) is 2.73. The van der Waals surface area contributed by atoms with Crippen LogP contribution >= 0.6 is 24.0 Å². The van der Waals surface area contributed by atoms with Gasteiger partial charge in [-0.1, -0.05) is 12.2 Å². The van der Waals surface area contributed by atoms with Gasteiger partial charge in [0.05, 0.1) is 5.52 Å². The topological polar surface area (TPSA) is 27.8 Å². The lowest BCUT2D eigenvalue weighted by molar-refractivity contribution is 0.453. The van der Waals surface area contributed by atoms with Crippen LogP contribution in [0.15, 0.2) is 12.3 Å². The first-order valence-electron chi connectivity index (χ1n) is 5.50. The molecule has 0 radical (unpaired) electrons. The van der Waals surface area contributed by atoms with Gasteiger partial charge in [-0.3, -0.25) is 0 Å². The molecule has 2 aromatic rings. The summed E-state index contributed by atoms with van der Waals surface area (Å²) in [5, 5.41) is 3.06. The number of rotatable bonds is 3. The minimum absolute atomic E-state index is 0.0933. The van der Waals surface area contributed by atoms with Crippen LogP contribution in [0.4, 0.5) is 13.2 Å². The van der Waals surface area contributed by atoms with Gasteiger partial charge in [0.2, 0.25) is 0 Å². The van der Waals surface area contributed by atoms with Crippen molar-refractivity contribution in [1.29, 1.82) is 0 Å². The summed E-state index contributed by atoms with van der Waals surface area (Å²) in [6.45, 7) is 0.505. The second-order valence-corrected chi connectivity index (χ2v) is 5.37. The summed E-state index contributed by atoms with van der Waals surface area (Å²) in [5.41, 5.74) is 0.835. The molecule has 0 saturated heterocycles. The fourth-order valence-corrected chi connectivity index (χ4v) is 2.18. The number of hydrogen-bond donors (Lipinski definition) is 2. The van der Waals surface area contributed by atoms with Gasteiger partial charge in [-0.25, -0.2) is 13.2 Å². The summed E-state index contributed by atoms with van der Waals surface area (Å²) in [4.78, 5) is 2.74. The summed E-state index contributed by atoms with van der Waals surface area (Å²) in [6, 6.07) is 0.956. The number of thiocarbonyl (C=S) groups is 1. The van der Waals surface area contributed by atoms with Crippen LogP contribution in [-0.2, 0) is 6.42 Å². The normalized spacial score (nSPS) is 10.9. The summed E-state index contributed by atoms with van der Waals surface area (Å²) in [5.74, 6) is -3.79. The third kappa shape index (κ3) is 2.87. The monoisotopic (exact) mass is 304 g/mol. The molecule has 0 atom stereocenters. The number of halogens is 3. The van der Waals surface area contributed by atoms with E-state index in [1.54, 1.807) is 6.20 Å². The molecule has 2 N–H and O–H groups in total. The SMILES string of the molecule is CSC(=S)NCCc1c[nH]c2cc(F)c(F)c(F)c12. The second-order valence-electron chi connectivity index (χ2n) is 3.89. The van der Waals surface area contributed by atoms with Crippen molar-refractivity contribution in [3.63, 3.8) is 0 Å². The van der Waals surface area contributed by atoms with Gasteiger partial charge in [-0.2, -0.15) is 0 Å². The van der Waals surface area contributed by atoms with Crippen LogP contribution in [0.1, 0.15) is 5.56 Å². The first kappa shape index (κ1) is 14.2. The van der Waals surface area contributed by atoms with Crippen LogP contribution in [0.2, 0.25) is 0 Å². The molecule has 0 spiro atoms. The van der Waals surface area contributed by atoms with Gasteiger partial charge in [0.1, 0.15) is 4.32 Å². The van der Waals surface area contributed by atoms with Crippen molar-refractivity contribution in [2.45, 2.75) is 6.42 Å². The summed E-state index contributed by atoms with van der Waals surface area (Å²) in [6.07, 6.45) is 3.86. The van der Waals surface area contributed by atoms with Gasteiger partial charge in [-0.15, -0.1) is 11.8 Å². The van der Waals surface area contributed by atoms with Gasteiger partial charge in [0.15, 0.2) is 17.5 Å². The van der Waals surface area contributed by atoms with Crippen molar-refractivity contribution >= 4 is 39.2 Å². The number of hydrogen-bond acceptors (Lipinski definition) is 2. The fraction of sp³-hybridized carbons (Fsp3) is 0.250. The Morgan fingerprint density at radius 1 is 1.37 bits per heavy atom. The van der Waals surface area contributed by atoms with Crippen LogP contribution in [0.25, 0.3) is 10.9 Å². The molecule has 1 aromatic carbocycles. The lowest BCUT2D eigenvalue weighted by Crippen LogP contribution is -2.20. The minimum atomic E-state index is -1.44. The van der Waals surface area contributed by atoms with Gasteiger partial charge in [0, 0.05) is 24.2 Å². The maximum atomic E-state index is 13.7. The van der Waals surface area contributed by atoms with Crippen molar-refractivity contribution in [1.82, 2.24) is 10.3 Å². The number of thioether (sulfide) groups is 1. The molecular formula is C12H11F3N2S2. The molecule has 0 saturated carbocycles. The summed E-state index contributed by atoms with van der Waals surface area (Å²) < 4.78 is 40.6. The van der Waals surface area contributed by atoms with Crippen LogP contribution in [0.5, 0.6) is 0 Å². The van der Waals surface area contributed by atoms with Gasteiger partial charge in [0.25, 0.3) is 0 Å². The Kier molecular flexibility index (Phi) is 4.36. The van der Waals surface area contributed by atoms with E-state index in [1.165, 1.54) is 11.8 Å². The minimum Gasteiger partial charge on any atom is -0.371 e. The van der Waals surface area contributed by atoms with Crippen molar-refractivity contribution in [3.05, 3.63) is 35.3 Å². The smallest absolute Gasteiger partial charge is 0.195 e. The average Bonchev–Trinajstić information content (AvgIpc) is 2.79. The highest BCUT2D eigenvalue weighted by Crippen LogP contribution is 2.26. The first-order valence-corrected chi connectivity index (χ1v) is 7.13. The van der Waals surface area contributed by atoms with Crippen LogP contribution in [-0.4, -0.2) is 22.1 Å². The zero-order chi connectivity index (χ0) is 14.0. The largest absolute Gasteiger partial charge is 0.371 e. The Bertz CT molecular complexity index is 625. The summed E-state index contributed by atoms with van der Waals surface area (Å²) in [7, 11) is 0. The predicted molar refractivity (Wildman–Crippen MR) is 76.0 cm³/mol. The number of aromatic nitrogens is 1. The molecule has 0 unspecified atom stereocenters. The molecule has 0 amide bonds. The van der Waals surface area contributed by atoms with Crippen LogP contribution in [0.3, 0.4) is 0 Å².